The van der Waals surface area contributed by atoms with Crippen molar-refractivity contribution in [3.8, 4) is 0 Å². The first-order valence-corrected chi connectivity index (χ1v) is 10.9. The molecule has 0 bridgehead atoms. The van der Waals surface area contributed by atoms with Crippen molar-refractivity contribution in [3.05, 3.63) is 97.6 Å². The van der Waals surface area contributed by atoms with E-state index in [0.717, 1.165) is 4.57 Å². The molecule has 3 aromatic rings. The standard InChI is InChI=1S/C24H23BrF2N2O4/c1-24(2,14-30)33-13-21(31)19-12-29(11-17-5-3-4-8-28-17)23(32)22(27)18(19)9-15-6-7-16(25)10-20(15)26/h3-8,10,12,30H,9,11,13-14H2,1-2H3. The van der Waals surface area contributed by atoms with Crippen LogP contribution < -0.4 is 5.56 Å². The molecule has 0 saturated heterocycles. The molecule has 1 N–H and O–H groups in total. The Balaban J connectivity index is 2.06. The van der Waals surface area contributed by atoms with Crippen LogP contribution in [-0.4, -0.2) is 39.3 Å². The van der Waals surface area contributed by atoms with Crippen LogP contribution in [0.15, 0.2) is 58.1 Å². The van der Waals surface area contributed by atoms with Crippen molar-refractivity contribution >= 4 is 21.7 Å². The Labute approximate surface area is 198 Å². The van der Waals surface area contributed by atoms with Gasteiger partial charge < -0.3 is 14.4 Å². The van der Waals surface area contributed by atoms with E-state index in [1.807, 2.05) is 0 Å². The number of rotatable bonds is 9. The third kappa shape index (κ3) is 6.19. The number of hydrogen-bond donors (Lipinski definition) is 1. The molecule has 3 rings (SSSR count). The molecule has 2 heterocycles. The molecule has 0 amide bonds. The molecule has 0 unspecified atom stereocenters. The predicted octanol–water partition coefficient (Wildman–Crippen LogP) is 3.89. The highest BCUT2D eigenvalue weighted by Crippen LogP contribution is 2.22. The van der Waals surface area contributed by atoms with E-state index in [9.17, 15) is 19.1 Å². The quantitative estimate of drug-likeness (QED) is 0.433. The molecule has 1 aromatic carbocycles. The topological polar surface area (TPSA) is 81.4 Å². The number of Topliss-reactive ketones (excluding diaryl/α,β-unsaturated/α-hetero) is 1. The van der Waals surface area contributed by atoms with Gasteiger partial charge in [-0.05, 0) is 43.7 Å². The van der Waals surface area contributed by atoms with Crippen molar-refractivity contribution in [3.63, 3.8) is 0 Å². The molecule has 0 saturated carbocycles. The van der Waals surface area contributed by atoms with Crippen LogP contribution in [0.5, 0.6) is 0 Å². The van der Waals surface area contributed by atoms with Crippen LogP contribution in [0.25, 0.3) is 0 Å². The summed E-state index contributed by atoms with van der Waals surface area (Å²) in [6.45, 7) is 2.37. The summed E-state index contributed by atoms with van der Waals surface area (Å²) in [4.78, 5) is 29.9. The van der Waals surface area contributed by atoms with Crippen LogP contribution in [0.1, 0.15) is 41.0 Å². The normalized spacial score (nSPS) is 11.6. The number of aromatic nitrogens is 2. The smallest absolute Gasteiger partial charge is 0.287 e. The summed E-state index contributed by atoms with van der Waals surface area (Å²) in [5.74, 6) is -2.34. The Morgan fingerprint density at radius 1 is 1.24 bits per heavy atom. The highest BCUT2D eigenvalue weighted by Gasteiger charge is 2.25. The summed E-state index contributed by atoms with van der Waals surface area (Å²) in [5.41, 5.74) is -1.62. The zero-order valence-electron chi connectivity index (χ0n) is 18.1. The molecule has 0 fully saturated rings. The Morgan fingerprint density at radius 2 is 2.00 bits per heavy atom. The van der Waals surface area contributed by atoms with Gasteiger partial charge in [0.1, 0.15) is 12.4 Å². The van der Waals surface area contributed by atoms with Gasteiger partial charge in [0.05, 0.1) is 24.4 Å². The van der Waals surface area contributed by atoms with E-state index in [1.165, 1.54) is 24.5 Å². The number of aliphatic hydroxyl groups is 1. The van der Waals surface area contributed by atoms with Gasteiger partial charge in [-0.2, -0.15) is 0 Å². The summed E-state index contributed by atoms with van der Waals surface area (Å²) in [6, 6.07) is 9.38. The van der Waals surface area contributed by atoms with Crippen LogP contribution in [0.3, 0.4) is 0 Å². The molecule has 0 spiro atoms. The number of carbonyl (C=O) groups excluding carboxylic acids is 1. The molecule has 174 valence electrons. The third-order valence-corrected chi connectivity index (χ3v) is 5.53. The molecular formula is C24H23BrF2N2O4. The Bertz CT molecular complexity index is 1210. The number of nitrogens with zero attached hydrogens (tertiary/aromatic N) is 2. The average molecular weight is 521 g/mol. The van der Waals surface area contributed by atoms with Crippen LogP contribution in [0.2, 0.25) is 0 Å². The molecule has 0 aliphatic heterocycles. The Morgan fingerprint density at radius 3 is 2.64 bits per heavy atom. The van der Waals surface area contributed by atoms with Gasteiger partial charge >= 0.3 is 0 Å². The summed E-state index contributed by atoms with van der Waals surface area (Å²) in [7, 11) is 0. The minimum Gasteiger partial charge on any atom is -0.393 e. The van der Waals surface area contributed by atoms with E-state index in [2.05, 4.69) is 20.9 Å². The Kier molecular flexibility index (Phi) is 7.88. The molecule has 0 aliphatic carbocycles. The Hall–Kier alpha value is -2.75. The summed E-state index contributed by atoms with van der Waals surface area (Å²) in [6.07, 6.45) is 2.50. The predicted molar refractivity (Wildman–Crippen MR) is 122 cm³/mol. The molecule has 2 aromatic heterocycles. The first kappa shape index (κ1) is 24.9. The highest BCUT2D eigenvalue weighted by molar-refractivity contribution is 9.10. The highest BCUT2D eigenvalue weighted by atomic mass is 79.9. The second kappa shape index (κ2) is 10.5. The number of ether oxygens (including phenoxy) is 1. The van der Waals surface area contributed by atoms with E-state index < -0.39 is 35.2 Å². The number of aliphatic hydroxyl groups excluding tert-OH is 1. The molecular weight excluding hydrogens is 498 g/mol. The second-order valence-corrected chi connectivity index (χ2v) is 9.05. The van der Waals surface area contributed by atoms with Gasteiger partial charge in [0.2, 0.25) is 0 Å². The monoisotopic (exact) mass is 520 g/mol. The molecule has 0 atom stereocenters. The second-order valence-electron chi connectivity index (χ2n) is 8.13. The number of pyridine rings is 2. The summed E-state index contributed by atoms with van der Waals surface area (Å²) < 4.78 is 36.8. The largest absolute Gasteiger partial charge is 0.393 e. The molecule has 9 heteroatoms. The maximum absolute atomic E-state index is 15.3. The minimum absolute atomic E-state index is 0.0488. The lowest BCUT2D eigenvalue weighted by Crippen LogP contribution is -2.33. The van der Waals surface area contributed by atoms with Crippen LogP contribution in [0.4, 0.5) is 8.78 Å². The number of carbonyl (C=O) groups is 1. The van der Waals surface area contributed by atoms with Gasteiger partial charge in [-0.15, -0.1) is 0 Å². The summed E-state index contributed by atoms with van der Waals surface area (Å²) >= 11 is 3.17. The van der Waals surface area contributed by atoms with Crippen molar-refractivity contribution < 1.29 is 23.4 Å². The van der Waals surface area contributed by atoms with Crippen molar-refractivity contribution in [1.82, 2.24) is 9.55 Å². The molecule has 0 radical (unpaired) electrons. The maximum Gasteiger partial charge on any atom is 0.287 e. The van der Waals surface area contributed by atoms with E-state index in [0.29, 0.717) is 10.2 Å². The minimum atomic E-state index is -1.14. The SMILES string of the molecule is CC(C)(CO)OCC(=O)c1cn(Cc2ccccn2)c(=O)c(F)c1Cc1ccc(Br)cc1F. The van der Waals surface area contributed by atoms with E-state index >= 15 is 4.39 Å². The van der Waals surface area contributed by atoms with Crippen LogP contribution >= 0.6 is 15.9 Å². The zero-order valence-corrected chi connectivity index (χ0v) is 19.7. The zero-order chi connectivity index (χ0) is 24.2. The number of halogens is 3. The van der Waals surface area contributed by atoms with Crippen molar-refractivity contribution in [2.75, 3.05) is 13.2 Å². The molecule has 33 heavy (non-hydrogen) atoms. The fourth-order valence-corrected chi connectivity index (χ4v) is 3.44. The van der Waals surface area contributed by atoms with Crippen molar-refractivity contribution in [2.45, 2.75) is 32.4 Å². The lowest BCUT2D eigenvalue weighted by atomic mass is 9.98. The van der Waals surface area contributed by atoms with Gasteiger partial charge in [-0.3, -0.25) is 14.6 Å². The molecule has 6 nitrogen and oxygen atoms in total. The first-order chi connectivity index (χ1) is 15.6. The lowest BCUT2D eigenvalue weighted by Gasteiger charge is -2.22. The van der Waals surface area contributed by atoms with Crippen LogP contribution in [0, 0.1) is 11.6 Å². The van der Waals surface area contributed by atoms with Crippen LogP contribution in [-0.2, 0) is 17.7 Å². The first-order valence-electron chi connectivity index (χ1n) is 10.1. The van der Waals surface area contributed by atoms with Gasteiger partial charge in [-0.25, -0.2) is 8.78 Å². The van der Waals surface area contributed by atoms with Crippen molar-refractivity contribution in [2.24, 2.45) is 0 Å². The number of hydrogen-bond acceptors (Lipinski definition) is 5. The van der Waals surface area contributed by atoms with E-state index in [1.54, 1.807) is 38.1 Å². The molecule has 0 aliphatic rings. The fraction of sp³-hybridized carbons (Fsp3) is 0.292. The van der Waals surface area contributed by atoms with Gasteiger partial charge in [0.25, 0.3) is 5.56 Å². The maximum atomic E-state index is 15.3. The third-order valence-electron chi connectivity index (χ3n) is 5.04. The lowest BCUT2D eigenvalue weighted by molar-refractivity contribution is -0.0447. The summed E-state index contributed by atoms with van der Waals surface area (Å²) in [5, 5.41) is 9.37. The van der Waals surface area contributed by atoms with Gasteiger partial charge in [0.15, 0.2) is 11.6 Å². The van der Waals surface area contributed by atoms with Gasteiger partial charge in [-0.1, -0.05) is 28.1 Å². The van der Waals surface area contributed by atoms with Crippen molar-refractivity contribution in [1.29, 1.82) is 0 Å². The van der Waals surface area contributed by atoms with Gasteiger partial charge in [0, 0.05) is 34.4 Å². The number of benzene rings is 1. The van der Waals surface area contributed by atoms with E-state index in [-0.39, 0.29) is 36.3 Å². The number of ketones is 1. The van der Waals surface area contributed by atoms with E-state index in [4.69, 9.17) is 4.74 Å². The fourth-order valence-electron chi connectivity index (χ4n) is 3.10. The average Bonchev–Trinajstić information content (AvgIpc) is 2.79.